The maximum absolute atomic E-state index is 12.6. The molecular weight excluding hydrogens is 1460 g/mol. The number of ether oxygens (including phenoxy) is 1. The first-order chi connectivity index (χ1) is 65.2. The second-order valence-electron chi connectivity index (χ2n) is 35.5. The van der Waals surface area contributed by atoms with Gasteiger partial charge >= 0.3 is 0 Å². The minimum absolute atomic E-state index is 0.00374. The summed E-state index contributed by atoms with van der Waals surface area (Å²) in [6, 6.07) is 86.2. The predicted octanol–water partition coefficient (Wildman–Crippen LogP) is 26.5. The van der Waals surface area contributed by atoms with Crippen molar-refractivity contribution in [1.82, 2.24) is 9.13 Å². The molecule has 17 aromatic carbocycles. The third-order valence-electron chi connectivity index (χ3n) is 25.1. The number of para-hydroxylation sites is 2. The molecule has 0 radical (unpaired) electrons. The highest BCUT2D eigenvalue weighted by molar-refractivity contribution is 7.03. The van der Waals surface area contributed by atoms with Gasteiger partial charge in [0.2, 0.25) is 0 Å². The molecule has 4 aliphatic rings. The Hall–Kier alpha value is -14.1. The normalized spacial score (nSPS) is 14.9. The first-order valence-electron chi connectivity index (χ1n) is 49.1. The molecular formula is C114H88B2N4O. The number of anilines is 6. The van der Waals surface area contributed by atoms with E-state index in [1.807, 2.05) is 109 Å². The Morgan fingerprint density at radius 3 is 1.27 bits per heavy atom. The summed E-state index contributed by atoms with van der Waals surface area (Å²) < 4.78 is 171. The van der Waals surface area contributed by atoms with Crippen molar-refractivity contribution < 1.29 is 25.3 Å². The van der Waals surface area contributed by atoms with Gasteiger partial charge in [-0.1, -0.05) is 335 Å². The lowest BCUT2D eigenvalue weighted by Gasteiger charge is -2.48. The van der Waals surface area contributed by atoms with Crippen LogP contribution in [0.5, 0.6) is 11.5 Å². The van der Waals surface area contributed by atoms with Crippen molar-refractivity contribution in [3.05, 3.63) is 386 Å². The Bertz CT molecular complexity index is 8310. The molecule has 0 unspecified atom stereocenters. The molecule has 0 bridgehead atoms. The Morgan fingerprint density at radius 1 is 0.281 bits per heavy atom. The average Bonchev–Trinajstić information content (AvgIpc) is 1.22. The van der Waals surface area contributed by atoms with Crippen LogP contribution in [0.3, 0.4) is 0 Å². The molecule has 0 atom stereocenters. The van der Waals surface area contributed by atoms with Gasteiger partial charge in [0.15, 0.2) is 0 Å². The molecule has 0 fully saturated rings. The topological polar surface area (TPSA) is 25.6 Å². The fraction of sp³-hybridized carbons (Fsp3) is 0.105. The van der Waals surface area contributed by atoms with Gasteiger partial charge in [-0.25, -0.2) is 0 Å². The van der Waals surface area contributed by atoms with Crippen molar-refractivity contribution in [2.24, 2.45) is 0 Å². The van der Waals surface area contributed by atoms with Gasteiger partial charge in [0.1, 0.15) is 11.5 Å². The van der Waals surface area contributed by atoms with E-state index >= 15 is 0 Å². The van der Waals surface area contributed by atoms with Crippen LogP contribution in [0.2, 0.25) is 0 Å². The Morgan fingerprint density at radius 2 is 0.736 bits per heavy atom. The van der Waals surface area contributed by atoms with E-state index in [9.17, 15) is 20.6 Å². The lowest BCUT2D eigenvalue weighted by atomic mass is 9.30. The van der Waals surface area contributed by atoms with Gasteiger partial charge in [0.25, 0.3) is 13.4 Å². The zero-order chi connectivity index (χ0) is 94.5. The largest absolute Gasteiger partial charge is 0.459 e. The molecule has 4 aliphatic heterocycles. The molecule has 23 rings (SSSR count). The molecule has 0 spiro atoms. The molecule has 19 aromatic rings. The van der Waals surface area contributed by atoms with Crippen LogP contribution >= 0.6 is 0 Å². The van der Waals surface area contributed by atoms with E-state index in [1.165, 1.54) is 4.57 Å². The molecule has 7 heteroatoms. The van der Waals surface area contributed by atoms with E-state index in [4.69, 9.17) is 4.74 Å². The maximum atomic E-state index is 12.6. The van der Waals surface area contributed by atoms with Crippen molar-refractivity contribution >= 4 is 124 Å². The molecule has 0 amide bonds. The first-order valence-corrected chi connectivity index (χ1v) is 41.6. The molecule has 576 valence electrons. The zero-order valence-corrected chi connectivity index (χ0v) is 68.4. The lowest BCUT2D eigenvalue weighted by Crippen LogP contribution is -2.65. The van der Waals surface area contributed by atoms with Gasteiger partial charge < -0.3 is 23.7 Å². The van der Waals surface area contributed by atoms with E-state index in [1.54, 1.807) is 30.3 Å². The van der Waals surface area contributed by atoms with Crippen LogP contribution in [0.25, 0.3) is 133 Å². The summed E-state index contributed by atoms with van der Waals surface area (Å²) in [5.74, 6) is -0.0764. The number of hydrogen-bond donors (Lipinski definition) is 0. The fourth-order valence-corrected chi connectivity index (χ4v) is 19.2. The van der Waals surface area contributed by atoms with E-state index in [0.29, 0.717) is 67.0 Å². The number of rotatable bonds is 10. The average molecular weight is 1570 g/mol. The lowest BCUT2D eigenvalue weighted by molar-refractivity contribution is 0.491. The van der Waals surface area contributed by atoms with Gasteiger partial charge in [-0.05, 0) is 218 Å². The van der Waals surface area contributed by atoms with Gasteiger partial charge in [-0.15, -0.1) is 0 Å². The molecule has 0 aliphatic carbocycles. The Labute approximate surface area is 730 Å². The van der Waals surface area contributed by atoms with Gasteiger partial charge in [0, 0.05) is 83.4 Å². The quantitative estimate of drug-likeness (QED) is 0.128. The van der Waals surface area contributed by atoms with E-state index in [-0.39, 0.29) is 84.8 Å². The summed E-state index contributed by atoms with van der Waals surface area (Å²) in [4.78, 5) is 4.31. The predicted molar refractivity (Wildman–Crippen MR) is 514 cm³/mol. The third kappa shape index (κ3) is 11.4. The fourth-order valence-electron chi connectivity index (χ4n) is 19.2. The molecule has 121 heavy (non-hydrogen) atoms. The molecule has 0 N–H and O–H groups in total. The van der Waals surface area contributed by atoms with E-state index in [2.05, 4.69) is 216 Å². The summed E-state index contributed by atoms with van der Waals surface area (Å²) in [6.07, 6.45) is 0. The van der Waals surface area contributed by atoms with Crippen molar-refractivity contribution in [2.75, 3.05) is 9.80 Å². The Kier molecular flexibility index (Phi) is 13.0. The second kappa shape index (κ2) is 27.2. The number of hydrogen-bond acceptors (Lipinski definition) is 3. The Balaban J connectivity index is 0.987. The highest BCUT2D eigenvalue weighted by Gasteiger charge is 2.52. The molecule has 2 aromatic heterocycles. The van der Waals surface area contributed by atoms with E-state index in [0.717, 1.165) is 88.6 Å². The smallest absolute Gasteiger partial charge is 0.256 e. The second-order valence-corrected chi connectivity index (χ2v) is 35.5. The molecule has 0 saturated carbocycles. The van der Waals surface area contributed by atoms with Crippen LogP contribution in [-0.4, -0.2) is 22.6 Å². The zero-order valence-electron chi connectivity index (χ0n) is 83.4. The minimum Gasteiger partial charge on any atom is -0.459 e. The number of benzene rings is 17. The highest BCUT2D eigenvalue weighted by Crippen LogP contribution is 2.57. The van der Waals surface area contributed by atoms with Gasteiger partial charge in [-0.2, -0.15) is 0 Å². The molecule has 0 saturated heterocycles. The van der Waals surface area contributed by atoms with Crippen LogP contribution < -0.4 is 47.3 Å². The van der Waals surface area contributed by atoms with Gasteiger partial charge in [-0.3, -0.25) is 0 Å². The van der Waals surface area contributed by atoms with Crippen LogP contribution in [0.4, 0.5) is 34.1 Å². The van der Waals surface area contributed by atoms with Crippen molar-refractivity contribution in [3.8, 4) is 101 Å². The number of nitrogens with zero attached hydrogens (tertiary/aromatic N) is 4. The van der Waals surface area contributed by atoms with Gasteiger partial charge in [0.05, 0.1) is 48.5 Å². The van der Waals surface area contributed by atoms with E-state index < -0.39 is 108 Å². The minimum atomic E-state index is -1.46. The van der Waals surface area contributed by atoms with Crippen LogP contribution in [0.1, 0.15) is 99.6 Å². The van der Waals surface area contributed by atoms with Crippen LogP contribution in [0.15, 0.2) is 370 Å². The monoisotopic (exact) mass is 1570 g/mol. The SMILES string of the molecule is [2H]c1c([2H])c([2H])c2c(c1[2H])Oc1c3c(c([2H])c4c1B2c1cc(-c2ccccc2)cc2c5cc(-c6ccccc6)ccc5n-4c12)N(c1c(-c2ccccc2)cc(C(C)(C)C)cc1-c1ccccc1)c1cc(C(C)(C)C)cc2c1B3c1c([2H])c([2H])c(-n3c4c([2H])c([2H])c([2H])c([2H])c4c4c([2H])c(-c5ccccc5)c([2H])c([2H])c43)c([2H])c1N2c1c(-c2ccccc2)cc(C(C)(C)C)cc1-c1ccccc1. The summed E-state index contributed by atoms with van der Waals surface area (Å²) in [5, 5.41) is 1.31. The number of aromatic nitrogens is 2. The van der Waals surface area contributed by atoms with Crippen molar-refractivity contribution in [1.29, 1.82) is 0 Å². The number of fused-ring (bicyclic) bond motifs is 15. The van der Waals surface area contributed by atoms with Crippen LogP contribution in [-0.2, 0) is 16.2 Å². The van der Waals surface area contributed by atoms with Crippen LogP contribution in [0, 0.1) is 0 Å². The first kappa shape index (κ1) is 57.9. The molecule has 5 nitrogen and oxygen atoms in total. The summed E-state index contributed by atoms with van der Waals surface area (Å²) in [7, 11) is 0. The molecule has 6 heterocycles. The summed E-state index contributed by atoms with van der Waals surface area (Å²) >= 11 is 0. The summed E-state index contributed by atoms with van der Waals surface area (Å²) in [5.41, 5.74) is 16.2. The van der Waals surface area contributed by atoms with Crippen molar-refractivity contribution in [2.45, 2.75) is 78.6 Å². The van der Waals surface area contributed by atoms with Crippen molar-refractivity contribution in [3.63, 3.8) is 0 Å². The maximum Gasteiger partial charge on any atom is 0.256 e. The highest BCUT2D eigenvalue weighted by atomic mass is 16.5. The third-order valence-corrected chi connectivity index (χ3v) is 25.1. The summed E-state index contributed by atoms with van der Waals surface area (Å²) in [6.45, 7) is 16.9. The standard InChI is InChI=1S/C114H88B2N4O/c1-112(2,3)81-63-86(74-41-23-13-24-42-74)108(87(64-81)75-43-25-14-26-44-75)119-99-69-84(117-96-51-33-31-49-85(96)90-59-78(53-57-97(90)117)71-35-17-10-18-36-71)55-56-93(99)116-105-100(119)67-83(114(7,8)9)68-101(105)120(109-88(76-45-27-15-28-46-76)65-82(113(4,5)6)66-89(109)77-47-29-16-30-48-77)103-70-102-106-111(107(103)116)121-104-52-34-32-50-94(104)115(106)95-62-80(73-39-21-12-22-40-73)61-92-91-60-79(72-37-19-11-20-38-72)54-58-98(91)118(102)110(92)95/h10-70H,1-9H3/i31D,32D,33D,34D,49D,50D,51D,52D,53D,55D,56D,57D,59D,69D,70D.